The van der Waals surface area contributed by atoms with Crippen LogP contribution in [0.5, 0.6) is 0 Å². The fourth-order valence-electron chi connectivity index (χ4n) is 2.79. The maximum Gasteiger partial charge on any atom is 0.227 e. The number of rotatable bonds is 6. The fraction of sp³-hybridized carbons (Fsp3) is 0.588. The molecule has 1 saturated heterocycles. The smallest absolute Gasteiger partial charge is 0.227 e. The average molecular weight is 309 g/mol. The van der Waals surface area contributed by atoms with E-state index in [-0.39, 0.29) is 5.91 Å². The summed E-state index contributed by atoms with van der Waals surface area (Å²) in [6.07, 6.45) is 2.84. The van der Waals surface area contributed by atoms with Crippen LogP contribution in [-0.2, 0) is 11.2 Å². The normalized spacial score (nSPS) is 18.2. The van der Waals surface area contributed by atoms with Gasteiger partial charge in [-0.05, 0) is 43.0 Å². The molecule has 1 heterocycles. The van der Waals surface area contributed by atoms with Crippen molar-refractivity contribution in [1.82, 2.24) is 10.2 Å². The quantitative estimate of drug-likeness (QED) is 0.876. The van der Waals surface area contributed by atoms with E-state index >= 15 is 0 Å². The molecule has 0 spiro atoms. The van der Waals surface area contributed by atoms with Crippen molar-refractivity contribution in [1.29, 1.82) is 0 Å². The first-order chi connectivity index (χ1) is 10.0. The van der Waals surface area contributed by atoms with E-state index in [9.17, 15) is 4.79 Å². The van der Waals surface area contributed by atoms with Gasteiger partial charge < -0.3 is 10.2 Å². The Balaban J connectivity index is 1.97. The largest absolute Gasteiger partial charge is 0.341 e. The molecular formula is C17H25ClN2O. The fourth-order valence-corrected chi connectivity index (χ4v) is 2.91. The number of amides is 1. The topological polar surface area (TPSA) is 32.3 Å². The molecule has 1 fully saturated rings. The number of nitrogens with zero attached hydrogens (tertiary/aromatic N) is 1. The lowest BCUT2D eigenvalue weighted by Gasteiger charge is -2.27. The summed E-state index contributed by atoms with van der Waals surface area (Å²) < 4.78 is 0. The van der Waals surface area contributed by atoms with Crippen LogP contribution in [0, 0.1) is 5.92 Å². The molecule has 0 aliphatic carbocycles. The summed E-state index contributed by atoms with van der Waals surface area (Å²) in [5.74, 6) is 0.695. The number of nitrogens with one attached hydrogen (secondary N) is 1. The van der Waals surface area contributed by atoms with Gasteiger partial charge in [-0.15, -0.1) is 0 Å². The summed E-state index contributed by atoms with van der Waals surface area (Å²) in [7, 11) is 0. The van der Waals surface area contributed by atoms with E-state index in [4.69, 9.17) is 11.6 Å². The van der Waals surface area contributed by atoms with Gasteiger partial charge in [-0.25, -0.2) is 0 Å². The Morgan fingerprint density at radius 3 is 2.67 bits per heavy atom. The van der Waals surface area contributed by atoms with Crippen LogP contribution >= 0.6 is 11.6 Å². The summed E-state index contributed by atoms with van der Waals surface area (Å²) in [6, 6.07) is 8.01. The number of hydrogen-bond acceptors (Lipinski definition) is 2. The van der Waals surface area contributed by atoms with Gasteiger partial charge in [0.15, 0.2) is 0 Å². The Morgan fingerprint density at radius 1 is 1.38 bits per heavy atom. The number of carbonyl (C=O) groups is 1. The Kier molecular flexibility index (Phi) is 6.07. The van der Waals surface area contributed by atoms with Gasteiger partial charge in [-0.3, -0.25) is 4.79 Å². The summed E-state index contributed by atoms with van der Waals surface area (Å²) in [5, 5.41) is 4.18. The zero-order chi connectivity index (χ0) is 15.2. The van der Waals surface area contributed by atoms with Crippen molar-refractivity contribution in [2.45, 2.75) is 39.2 Å². The summed E-state index contributed by atoms with van der Waals surface area (Å²) in [4.78, 5) is 14.6. The standard InChI is InChI=1S/C17H25ClN2O/c1-13(2)11-20(12-16-4-3-9-19-16)17(21)10-14-5-7-15(18)8-6-14/h5-8,13,16,19H,3-4,9-12H2,1-2H3. The van der Waals surface area contributed by atoms with Crippen molar-refractivity contribution in [2.75, 3.05) is 19.6 Å². The molecule has 1 unspecified atom stereocenters. The highest BCUT2D eigenvalue weighted by Crippen LogP contribution is 2.13. The molecule has 1 N–H and O–H groups in total. The van der Waals surface area contributed by atoms with Crippen LogP contribution in [0.4, 0.5) is 0 Å². The average Bonchev–Trinajstić information content (AvgIpc) is 2.93. The minimum absolute atomic E-state index is 0.208. The van der Waals surface area contributed by atoms with E-state index in [0.29, 0.717) is 23.4 Å². The van der Waals surface area contributed by atoms with Crippen LogP contribution in [0.15, 0.2) is 24.3 Å². The van der Waals surface area contributed by atoms with Crippen LogP contribution in [0.3, 0.4) is 0 Å². The first-order valence-corrected chi connectivity index (χ1v) is 8.18. The molecule has 1 aromatic carbocycles. The van der Waals surface area contributed by atoms with Crippen LogP contribution in [-0.4, -0.2) is 36.5 Å². The van der Waals surface area contributed by atoms with Gasteiger partial charge in [0.25, 0.3) is 0 Å². The van der Waals surface area contributed by atoms with Crippen molar-refractivity contribution in [3.63, 3.8) is 0 Å². The van der Waals surface area contributed by atoms with E-state index in [1.807, 2.05) is 29.2 Å². The second-order valence-corrected chi connectivity index (χ2v) is 6.73. The monoisotopic (exact) mass is 308 g/mol. The molecule has 0 bridgehead atoms. The third kappa shape index (κ3) is 5.33. The lowest BCUT2D eigenvalue weighted by Crippen LogP contribution is -2.43. The molecule has 2 rings (SSSR count). The van der Waals surface area contributed by atoms with Crippen LogP contribution in [0.25, 0.3) is 0 Å². The second kappa shape index (κ2) is 7.81. The number of hydrogen-bond donors (Lipinski definition) is 1. The molecule has 0 saturated carbocycles. The molecule has 1 atom stereocenters. The van der Waals surface area contributed by atoms with E-state index in [1.165, 1.54) is 12.8 Å². The predicted molar refractivity (Wildman–Crippen MR) is 87.6 cm³/mol. The minimum atomic E-state index is 0.208. The molecule has 4 heteroatoms. The summed E-state index contributed by atoms with van der Waals surface area (Å²) in [6.45, 7) is 7.04. The lowest BCUT2D eigenvalue weighted by atomic mass is 10.1. The first kappa shape index (κ1) is 16.3. The Hall–Kier alpha value is -1.06. The minimum Gasteiger partial charge on any atom is -0.341 e. The van der Waals surface area contributed by atoms with E-state index < -0.39 is 0 Å². The Morgan fingerprint density at radius 2 is 2.10 bits per heavy atom. The maximum absolute atomic E-state index is 12.6. The Labute approximate surface area is 132 Å². The molecular weight excluding hydrogens is 284 g/mol. The molecule has 0 radical (unpaired) electrons. The number of carbonyl (C=O) groups excluding carboxylic acids is 1. The van der Waals surface area contributed by atoms with E-state index in [1.54, 1.807) is 0 Å². The second-order valence-electron chi connectivity index (χ2n) is 6.29. The third-order valence-corrected chi connectivity index (χ3v) is 4.06. The highest BCUT2D eigenvalue weighted by molar-refractivity contribution is 6.30. The van der Waals surface area contributed by atoms with E-state index in [2.05, 4.69) is 19.2 Å². The van der Waals surface area contributed by atoms with Gasteiger partial charge in [-0.1, -0.05) is 37.6 Å². The van der Waals surface area contributed by atoms with E-state index in [0.717, 1.165) is 25.2 Å². The number of benzene rings is 1. The van der Waals surface area contributed by atoms with Crippen molar-refractivity contribution >= 4 is 17.5 Å². The van der Waals surface area contributed by atoms with Gasteiger partial charge >= 0.3 is 0 Å². The molecule has 21 heavy (non-hydrogen) atoms. The maximum atomic E-state index is 12.6. The molecule has 0 aromatic heterocycles. The highest BCUT2D eigenvalue weighted by atomic mass is 35.5. The molecule has 116 valence electrons. The zero-order valence-corrected chi connectivity index (χ0v) is 13.7. The van der Waals surface area contributed by atoms with Crippen molar-refractivity contribution < 1.29 is 4.79 Å². The summed E-state index contributed by atoms with van der Waals surface area (Å²) >= 11 is 5.89. The third-order valence-electron chi connectivity index (χ3n) is 3.81. The van der Waals surface area contributed by atoms with Crippen molar-refractivity contribution in [3.8, 4) is 0 Å². The van der Waals surface area contributed by atoms with Crippen molar-refractivity contribution in [3.05, 3.63) is 34.9 Å². The molecule has 1 aliphatic rings. The Bertz CT molecular complexity index is 452. The highest BCUT2D eigenvalue weighted by Gasteiger charge is 2.22. The van der Waals surface area contributed by atoms with Gasteiger partial charge in [0.1, 0.15) is 0 Å². The van der Waals surface area contributed by atoms with Gasteiger partial charge in [0, 0.05) is 24.2 Å². The SMILES string of the molecule is CC(C)CN(CC1CCCN1)C(=O)Cc1ccc(Cl)cc1. The zero-order valence-electron chi connectivity index (χ0n) is 12.9. The molecule has 1 aromatic rings. The predicted octanol–water partition coefficient (Wildman–Crippen LogP) is 3.12. The lowest BCUT2D eigenvalue weighted by molar-refractivity contribution is -0.131. The van der Waals surface area contributed by atoms with Gasteiger partial charge in [-0.2, -0.15) is 0 Å². The first-order valence-electron chi connectivity index (χ1n) is 7.80. The van der Waals surface area contributed by atoms with Gasteiger partial charge in [0.05, 0.1) is 6.42 Å². The van der Waals surface area contributed by atoms with Crippen molar-refractivity contribution in [2.24, 2.45) is 5.92 Å². The number of halogens is 1. The van der Waals surface area contributed by atoms with Crippen LogP contribution in [0.2, 0.25) is 5.02 Å². The molecule has 1 amide bonds. The summed E-state index contributed by atoms with van der Waals surface area (Å²) in [5.41, 5.74) is 1.03. The van der Waals surface area contributed by atoms with Crippen LogP contribution in [0.1, 0.15) is 32.3 Å². The van der Waals surface area contributed by atoms with Crippen LogP contribution < -0.4 is 5.32 Å². The molecule has 3 nitrogen and oxygen atoms in total. The van der Waals surface area contributed by atoms with Gasteiger partial charge in [0.2, 0.25) is 5.91 Å². The molecule has 1 aliphatic heterocycles.